The number of fused-ring (bicyclic) bond motifs is 1. The van der Waals surface area contributed by atoms with Crippen molar-refractivity contribution in [2.24, 2.45) is 5.41 Å². The molecule has 0 aliphatic carbocycles. The van der Waals surface area contributed by atoms with Gasteiger partial charge >= 0.3 is 5.97 Å². The van der Waals surface area contributed by atoms with Crippen LogP contribution in [0.1, 0.15) is 13.8 Å². The van der Waals surface area contributed by atoms with E-state index in [4.69, 9.17) is 14.6 Å². The minimum atomic E-state index is -0.965. The molecule has 0 saturated carbocycles. The van der Waals surface area contributed by atoms with Crippen LogP contribution in [0.5, 0.6) is 11.5 Å². The Morgan fingerprint density at radius 1 is 1.38 bits per heavy atom. The Morgan fingerprint density at radius 2 is 2.00 bits per heavy atom. The lowest BCUT2D eigenvalue weighted by Crippen LogP contribution is -2.46. The SMILES string of the molecule is CC(C)(C(=O)O)C1COc2ccccc2O1. The van der Waals surface area contributed by atoms with E-state index in [-0.39, 0.29) is 6.61 Å². The number of carboxylic acid groups (broad SMARTS) is 1. The number of rotatable bonds is 2. The molecule has 1 heterocycles. The molecule has 1 aromatic carbocycles. The van der Waals surface area contributed by atoms with Gasteiger partial charge in [0.05, 0.1) is 0 Å². The van der Waals surface area contributed by atoms with E-state index >= 15 is 0 Å². The van der Waals surface area contributed by atoms with Crippen LogP contribution in [-0.4, -0.2) is 23.8 Å². The molecule has 0 aromatic heterocycles. The van der Waals surface area contributed by atoms with Crippen molar-refractivity contribution in [3.8, 4) is 11.5 Å². The van der Waals surface area contributed by atoms with Gasteiger partial charge in [-0.1, -0.05) is 12.1 Å². The van der Waals surface area contributed by atoms with Crippen LogP contribution in [0.25, 0.3) is 0 Å². The maximum Gasteiger partial charge on any atom is 0.312 e. The largest absolute Gasteiger partial charge is 0.486 e. The zero-order valence-corrected chi connectivity index (χ0v) is 9.27. The minimum absolute atomic E-state index is 0.260. The summed E-state index contributed by atoms with van der Waals surface area (Å²) in [5.41, 5.74) is -0.965. The summed E-state index contributed by atoms with van der Waals surface area (Å²) in [5.74, 6) is 0.383. The molecule has 0 fully saturated rings. The van der Waals surface area contributed by atoms with Gasteiger partial charge < -0.3 is 14.6 Å². The smallest absolute Gasteiger partial charge is 0.312 e. The van der Waals surface area contributed by atoms with Crippen LogP contribution in [0.3, 0.4) is 0 Å². The Hall–Kier alpha value is -1.71. The molecular weight excluding hydrogens is 208 g/mol. The molecule has 1 N–H and O–H groups in total. The molecule has 2 rings (SSSR count). The van der Waals surface area contributed by atoms with Crippen molar-refractivity contribution in [3.05, 3.63) is 24.3 Å². The third-order valence-electron chi connectivity index (χ3n) is 2.86. The van der Waals surface area contributed by atoms with Crippen molar-refractivity contribution < 1.29 is 19.4 Å². The van der Waals surface area contributed by atoms with Crippen LogP contribution < -0.4 is 9.47 Å². The highest BCUT2D eigenvalue weighted by molar-refractivity contribution is 5.74. The number of hydrogen-bond donors (Lipinski definition) is 1. The molecule has 0 amide bonds. The summed E-state index contributed by atoms with van der Waals surface area (Å²) in [5, 5.41) is 9.11. The molecule has 4 heteroatoms. The van der Waals surface area contributed by atoms with Crippen molar-refractivity contribution in [1.82, 2.24) is 0 Å². The zero-order valence-electron chi connectivity index (χ0n) is 9.27. The molecular formula is C12H14O4. The van der Waals surface area contributed by atoms with Crippen LogP contribution in [0.15, 0.2) is 24.3 Å². The molecule has 0 radical (unpaired) electrons. The molecule has 4 nitrogen and oxygen atoms in total. The maximum atomic E-state index is 11.1. The summed E-state index contributed by atoms with van der Waals surface area (Å²) in [7, 11) is 0. The van der Waals surface area contributed by atoms with Gasteiger partial charge in [-0.15, -0.1) is 0 Å². The number of aliphatic carboxylic acids is 1. The predicted octanol–water partition coefficient (Wildman–Crippen LogP) is 1.94. The molecule has 1 aliphatic rings. The van der Waals surface area contributed by atoms with Gasteiger partial charge in [-0.2, -0.15) is 0 Å². The average molecular weight is 222 g/mol. The second-order valence-corrected chi connectivity index (χ2v) is 4.39. The third-order valence-corrected chi connectivity index (χ3v) is 2.86. The second-order valence-electron chi connectivity index (χ2n) is 4.39. The van der Waals surface area contributed by atoms with Gasteiger partial charge in [0.25, 0.3) is 0 Å². The number of para-hydroxylation sites is 2. The monoisotopic (exact) mass is 222 g/mol. The number of carboxylic acids is 1. The molecule has 1 aromatic rings. The first-order chi connectivity index (χ1) is 7.51. The van der Waals surface area contributed by atoms with Gasteiger partial charge in [-0.3, -0.25) is 4.79 Å². The topological polar surface area (TPSA) is 55.8 Å². The first-order valence-electron chi connectivity index (χ1n) is 5.13. The van der Waals surface area contributed by atoms with Crippen molar-refractivity contribution in [2.45, 2.75) is 20.0 Å². The van der Waals surface area contributed by atoms with Gasteiger partial charge in [-0.05, 0) is 26.0 Å². The number of ether oxygens (including phenoxy) is 2. The van der Waals surface area contributed by atoms with E-state index in [1.54, 1.807) is 26.0 Å². The van der Waals surface area contributed by atoms with Crippen molar-refractivity contribution >= 4 is 5.97 Å². The van der Waals surface area contributed by atoms with Gasteiger partial charge in [0, 0.05) is 0 Å². The van der Waals surface area contributed by atoms with E-state index < -0.39 is 17.5 Å². The molecule has 1 unspecified atom stereocenters. The average Bonchev–Trinajstić information content (AvgIpc) is 2.28. The lowest BCUT2D eigenvalue weighted by molar-refractivity contribution is -0.154. The second kappa shape index (κ2) is 3.70. The van der Waals surface area contributed by atoms with Crippen LogP contribution in [0.4, 0.5) is 0 Å². The standard InChI is InChI=1S/C12H14O4/c1-12(2,11(13)14)10-7-15-8-5-3-4-6-9(8)16-10/h3-6,10H,7H2,1-2H3,(H,13,14). The van der Waals surface area contributed by atoms with Crippen molar-refractivity contribution in [2.75, 3.05) is 6.61 Å². The van der Waals surface area contributed by atoms with Crippen LogP contribution >= 0.6 is 0 Å². The third kappa shape index (κ3) is 1.71. The van der Waals surface area contributed by atoms with E-state index in [9.17, 15) is 4.79 Å². The first-order valence-corrected chi connectivity index (χ1v) is 5.13. The molecule has 86 valence electrons. The zero-order chi connectivity index (χ0) is 11.8. The molecule has 0 bridgehead atoms. The van der Waals surface area contributed by atoms with Crippen molar-refractivity contribution in [3.63, 3.8) is 0 Å². The van der Waals surface area contributed by atoms with Gasteiger partial charge in [0.1, 0.15) is 18.1 Å². The first kappa shape index (κ1) is 10.8. The summed E-state index contributed by atoms with van der Waals surface area (Å²) in [6.07, 6.45) is -0.472. The Bertz CT molecular complexity index is 411. The molecule has 1 aliphatic heterocycles. The van der Waals surface area contributed by atoms with Crippen molar-refractivity contribution in [1.29, 1.82) is 0 Å². The summed E-state index contributed by atoms with van der Waals surface area (Å²) < 4.78 is 11.1. The Balaban J connectivity index is 2.23. The minimum Gasteiger partial charge on any atom is -0.486 e. The molecule has 0 saturated heterocycles. The van der Waals surface area contributed by atoms with Gasteiger partial charge in [0.2, 0.25) is 0 Å². The lowest BCUT2D eigenvalue weighted by Gasteiger charge is -2.34. The van der Waals surface area contributed by atoms with E-state index in [1.165, 1.54) is 0 Å². The molecule has 0 spiro atoms. The predicted molar refractivity (Wildman–Crippen MR) is 57.8 cm³/mol. The fraction of sp³-hybridized carbons (Fsp3) is 0.417. The molecule has 16 heavy (non-hydrogen) atoms. The Kier molecular flexibility index (Phi) is 2.50. The summed E-state index contributed by atoms with van der Waals surface area (Å²) in [6.45, 7) is 3.53. The number of benzene rings is 1. The fourth-order valence-electron chi connectivity index (χ4n) is 1.51. The Labute approximate surface area is 93.8 Å². The maximum absolute atomic E-state index is 11.1. The number of hydrogen-bond acceptors (Lipinski definition) is 3. The van der Waals surface area contributed by atoms with E-state index in [1.807, 2.05) is 12.1 Å². The lowest BCUT2D eigenvalue weighted by atomic mass is 9.86. The van der Waals surface area contributed by atoms with Crippen LogP contribution in [0, 0.1) is 5.41 Å². The fourth-order valence-corrected chi connectivity index (χ4v) is 1.51. The summed E-state index contributed by atoms with van der Waals surface area (Å²) >= 11 is 0. The number of carbonyl (C=O) groups is 1. The van der Waals surface area contributed by atoms with E-state index in [2.05, 4.69) is 0 Å². The Morgan fingerprint density at radius 3 is 2.62 bits per heavy atom. The van der Waals surface area contributed by atoms with Gasteiger partial charge in [-0.25, -0.2) is 0 Å². The summed E-state index contributed by atoms with van der Waals surface area (Å²) in [4.78, 5) is 11.1. The van der Waals surface area contributed by atoms with Crippen LogP contribution in [0.2, 0.25) is 0 Å². The summed E-state index contributed by atoms with van der Waals surface area (Å²) in [6, 6.07) is 7.27. The highest BCUT2D eigenvalue weighted by Crippen LogP contribution is 2.36. The normalized spacial score (nSPS) is 19.2. The quantitative estimate of drug-likeness (QED) is 0.830. The van der Waals surface area contributed by atoms with E-state index in [0.717, 1.165) is 0 Å². The molecule has 1 atom stereocenters. The highest BCUT2D eigenvalue weighted by atomic mass is 16.6. The highest BCUT2D eigenvalue weighted by Gasteiger charge is 2.41. The van der Waals surface area contributed by atoms with Crippen LogP contribution in [-0.2, 0) is 4.79 Å². The van der Waals surface area contributed by atoms with E-state index in [0.29, 0.717) is 11.5 Å². The van der Waals surface area contributed by atoms with Gasteiger partial charge in [0.15, 0.2) is 11.5 Å².